The summed E-state index contributed by atoms with van der Waals surface area (Å²) in [4.78, 5) is 26.0. The maximum absolute atomic E-state index is 16.2. The molecule has 22 nitrogen and oxygen atoms in total. The van der Waals surface area contributed by atoms with Crippen molar-refractivity contribution in [1.82, 2.24) is 39.0 Å². The predicted molar refractivity (Wildman–Crippen MR) is 304 cm³/mol. The molecule has 84 heavy (non-hydrogen) atoms. The van der Waals surface area contributed by atoms with Crippen molar-refractivity contribution in [1.29, 1.82) is 0 Å². The van der Waals surface area contributed by atoms with Crippen molar-refractivity contribution >= 4 is 68.1 Å². The number of ether oxygens (including phenoxy) is 6. The molecule has 4 aliphatic heterocycles. The van der Waals surface area contributed by atoms with Gasteiger partial charge in [0.05, 0.1) is 45.7 Å². The van der Waals surface area contributed by atoms with Crippen LogP contribution < -0.4 is 0 Å². The Bertz CT molecular complexity index is 3650. The van der Waals surface area contributed by atoms with Crippen LogP contribution in [0.1, 0.15) is 52.9 Å². The number of fused-ring (bicyclic) bond motifs is 4. The summed E-state index contributed by atoms with van der Waals surface area (Å²) in [6, 6.07) is 45.6. The van der Waals surface area contributed by atoms with Crippen molar-refractivity contribution in [3.63, 3.8) is 0 Å². The lowest BCUT2D eigenvalue weighted by atomic mass is 10.1. The molecule has 0 aliphatic carbocycles. The Morgan fingerprint density at radius 2 is 0.774 bits per heavy atom. The molecular weight excluding hydrogens is 1180 g/mol. The van der Waals surface area contributed by atoms with Crippen molar-refractivity contribution < 1.29 is 64.7 Å². The van der Waals surface area contributed by atoms with Gasteiger partial charge in [-0.15, -0.1) is 0 Å². The fourth-order valence-corrected chi connectivity index (χ4v) is 20.1. The van der Waals surface area contributed by atoms with Crippen LogP contribution >= 0.6 is 45.8 Å². The smallest absolute Gasteiger partial charge is 0.340 e. The van der Waals surface area contributed by atoms with Crippen LogP contribution in [0.2, 0.25) is 10.3 Å². The highest BCUT2D eigenvalue weighted by molar-refractivity contribution is 7.80. The van der Waals surface area contributed by atoms with E-state index < -0.39 is 109 Å². The maximum atomic E-state index is 16.2. The molecule has 0 spiro atoms. The second-order valence-corrected chi connectivity index (χ2v) is 28.5. The molecule has 4 aliphatic rings. The van der Waals surface area contributed by atoms with E-state index in [-0.39, 0.29) is 30.1 Å². The number of hydrogen-bond donors (Lipinski definition) is 0. The summed E-state index contributed by atoms with van der Waals surface area (Å²) in [5.74, 6) is -1.78. The van der Waals surface area contributed by atoms with Gasteiger partial charge in [-0.1, -0.05) is 175 Å². The molecule has 0 saturated carbocycles. The molecule has 0 radical (unpaired) electrons. The van der Waals surface area contributed by atoms with Gasteiger partial charge in [-0.3, -0.25) is 22.8 Å². The zero-order valence-corrected chi connectivity index (χ0v) is 48.6. The van der Waals surface area contributed by atoms with Gasteiger partial charge in [0.15, 0.2) is 46.6 Å². The summed E-state index contributed by atoms with van der Waals surface area (Å²) in [5, 5.41) is 0.277. The van der Waals surface area contributed by atoms with Gasteiger partial charge in [-0.05, 0) is 16.7 Å². The second-order valence-electron chi connectivity index (χ2n) is 20.2. The number of benzene rings is 5. The zero-order valence-electron chi connectivity index (χ0n) is 44.4. The van der Waals surface area contributed by atoms with E-state index in [0.717, 1.165) is 11.1 Å². The summed E-state index contributed by atoms with van der Waals surface area (Å²) in [6.45, 7) is -1.62. The van der Waals surface area contributed by atoms with E-state index in [4.69, 9.17) is 74.2 Å². The first kappa shape index (κ1) is 57.1. The Morgan fingerprint density at radius 1 is 0.417 bits per heavy atom. The molecule has 13 rings (SSSR count). The first-order chi connectivity index (χ1) is 41.0. The van der Waals surface area contributed by atoms with E-state index in [0.29, 0.717) is 39.0 Å². The Labute approximate surface area is 491 Å². The molecule has 9 aromatic rings. The van der Waals surface area contributed by atoms with Crippen LogP contribution in [0, 0.1) is 0 Å². The van der Waals surface area contributed by atoms with E-state index in [1.165, 1.54) is 25.3 Å². The minimum atomic E-state index is -4.67. The number of halogens is 2. The van der Waals surface area contributed by atoms with Gasteiger partial charge in [0.1, 0.15) is 72.1 Å². The number of imidazole rings is 2. The van der Waals surface area contributed by atoms with Crippen LogP contribution in [-0.2, 0) is 84.6 Å². The van der Waals surface area contributed by atoms with Gasteiger partial charge < -0.3 is 51.0 Å². The lowest BCUT2D eigenvalue weighted by molar-refractivity contribution is -0.152. The average molecular weight is 1240 g/mol. The highest BCUT2D eigenvalue weighted by Crippen LogP contribution is 2.71. The summed E-state index contributed by atoms with van der Waals surface area (Å²) < 4.78 is 123. The van der Waals surface area contributed by atoms with Gasteiger partial charge in [0, 0.05) is 11.1 Å². The number of nitrogens with zero attached hydrogens (tertiary/aromatic N) is 8. The van der Waals surface area contributed by atoms with E-state index in [1.807, 2.05) is 78.9 Å². The third-order valence-corrected chi connectivity index (χ3v) is 24.0. The number of aromatic nitrogens is 8. The van der Waals surface area contributed by atoms with Crippen molar-refractivity contribution in [2.24, 2.45) is 0 Å². The minimum Gasteiger partial charge on any atom is -0.347 e. The monoisotopic (exact) mass is 1240 g/mol. The molecule has 0 N–H and O–H groups in total. The third-order valence-electron chi connectivity index (χ3n) is 14.5. The summed E-state index contributed by atoms with van der Waals surface area (Å²) in [7, 11) is -13.9. The minimum absolute atomic E-state index is 0.139. The van der Waals surface area contributed by atoms with Gasteiger partial charge in [0.25, 0.3) is 0 Å². The van der Waals surface area contributed by atoms with Crippen molar-refractivity contribution in [2.75, 3.05) is 25.0 Å². The molecular formula is C57H53Cl2N8O14P3. The van der Waals surface area contributed by atoms with Crippen LogP contribution in [-0.4, -0.2) is 101 Å². The van der Waals surface area contributed by atoms with Crippen LogP contribution in [0.5, 0.6) is 0 Å². The Morgan fingerprint density at radius 3 is 1.17 bits per heavy atom. The van der Waals surface area contributed by atoms with Gasteiger partial charge in [0.2, 0.25) is 7.37 Å². The van der Waals surface area contributed by atoms with E-state index in [2.05, 4.69) is 29.9 Å². The van der Waals surface area contributed by atoms with Crippen molar-refractivity contribution in [3.8, 4) is 0 Å². The van der Waals surface area contributed by atoms with E-state index in [1.54, 1.807) is 81.9 Å². The zero-order chi connectivity index (χ0) is 57.3. The van der Waals surface area contributed by atoms with Crippen LogP contribution in [0.25, 0.3) is 22.3 Å². The molecule has 0 bridgehead atoms. The lowest BCUT2D eigenvalue weighted by Gasteiger charge is -2.29. The average Bonchev–Trinajstić information content (AvgIpc) is 2.08. The van der Waals surface area contributed by atoms with Gasteiger partial charge >= 0.3 is 15.2 Å². The maximum Gasteiger partial charge on any atom is 0.340 e. The molecule has 27 heteroatoms. The van der Waals surface area contributed by atoms with Crippen molar-refractivity contribution in [2.45, 2.75) is 81.5 Å². The van der Waals surface area contributed by atoms with Crippen LogP contribution in [0.4, 0.5) is 0 Å². The molecule has 8 heterocycles. The number of rotatable bonds is 23. The van der Waals surface area contributed by atoms with Crippen molar-refractivity contribution in [3.05, 3.63) is 215 Å². The summed E-state index contributed by atoms with van der Waals surface area (Å²) in [5.41, 5.74) is 4.77. The normalized spacial score (nSPS) is 26.0. The van der Waals surface area contributed by atoms with E-state index >= 15 is 13.7 Å². The molecule has 2 unspecified atom stereocenters. The summed E-state index contributed by atoms with van der Waals surface area (Å²) in [6.07, 6.45) is -3.01. The molecule has 4 aromatic heterocycles. The Balaban J connectivity index is 0.819. The molecule has 0 amide bonds. The lowest BCUT2D eigenvalue weighted by Crippen LogP contribution is -2.32. The number of hydrogen-bond acceptors (Lipinski definition) is 20. The SMILES string of the molecule is O=P(CP(=O)(OCc1ccccc1)OC[C@H]1O[C@@H](n2cnc3c(Cl)ncnc32)[C@@H]2O[C@H](c3ccccc3)O[C@@H]21)(CP(=O)(OCc1ccccc1)OC[C@H]1O[C@@H](n2cnc3c(Cl)ncnc32)[C@@H]2O[C@H](c3ccccc3)O[C@@H]21)OCc1ccccc1. The third kappa shape index (κ3) is 12.4. The first-order valence-electron chi connectivity index (χ1n) is 26.8. The standard InChI is InChI=1S/C57H53Cl2N8O14P3/c58-50-44-52(62-31-60-50)66(33-64-44)54-48-46(78-56(80-48)40-22-12-4-13-23-40)42(76-54)29-74-83(69,72-27-38-18-8-2-9-19-38)35-82(68,71-26-37-16-6-1-7-17-37)36-84(70,73-28-39-20-10-3-11-21-39)75-30-43-47-49(81-57(79-47)41-24-14-5-15-25-41)55(77-43)67-34-65-45-51(59)61-32-63-53(45)67/h1-25,31-34,42-43,46-49,54-57H,26-30,35-36H2/t42-,43-,46-,47-,48-,49-,54-,55-,56-,57-,82?,83?,84?/m1/s1. The highest BCUT2D eigenvalue weighted by atomic mass is 35.5. The van der Waals surface area contributed by atoms with Crippen LogP contribution in [0.15, 0.2) is 177 Å². The molecule has 5 aromatic carbocycles. The summed E-state index contributed by atoms with van der Waals surface area (Å²) >= 11 is 12.9. The Kier molecular flexibility index (Phi) is 16.9. The largest absolute Gasteiger partial charge is 0.347 e. The fourth-order valence-electron chi connectivity index (χ4n) is 10.5. The topological polar surface area (TPSA) is 240 Å². The van der Waals surface area contributed by atoms with Gasteiger partial charge in [-0.25, -0.2) is 29.9 Å². The first-order valence-corrected chi connectivity index (χ1v) is 33.0. The Hall–Kier alpha value is -5.97. The fraction of sp³-hybridized carbons (Fsp3) is 0.298. The van der Waals surface area contributed by atoms with Crippen LogP contribution in [0.3, 0.4) is 0 Å². The quantitative estimate of drug-likeness (QED) is 0.0427. The molecule has 434 valence electrons. The van der Waals surface area contributed by atoms with Gasteiger partial charge in [-0.2, -0.15) is 0 Å². The second kappa shape index (κ2) is 24.8. The molecule has 4 fully saturated rings. The van der Waals surface area contributed by atoms with E-state index in [9.17, 15) is 0 Å². The molecule has 12 atom stereocenters. The highest BCUT2D eigenvalue weighted by Gasteiger charge is 2.57. The predicted octanol–water partition coefficient (Wildman–Crippen LogP) is 12.0. The molecule has 4 saturated heterocycles.